The lowest BCUT2D eigenvalue weighted by atomic mass is 10.1. The van der Waals surface area contributed by atoms with E-state index in [1.807, 2.05) is 18.2 Å². The summed E-state index contributed by atoms with van der Waals surface area (Å²) in [5.74, 6) is 0. The molecular formula is C13H5ClF3IS. The van der Waals surface area contributed by atoms with E-state index >= 15 is 0 Å². The fourth-order valence-electron chi connectivity index (χ4n) is 2.05. The molecule has 0 nitrogen and oxygen atoms in total. The van der Waals surface area contributed by atoms with Crippen LogP contribution in [0.2, 0.25) is 5.02 Å². The summed E-state index contributed by atoms with van der Waals surface area (Å²) in [7, 11) is 0. The smallest absolute Gasteiger partial charge is 0.166 e. The molecule has 3 aromatic rings. The van der Waals surface area contributed by atoms with Crippen LogP contribution >= 0.6 is 45.5 Å². The number of thiophene rings is 1. The van der Waals surface area contributed by atoms with Crippen molar-refractivity contribution in [1.29, 1.82) is 0 Å². The molecule has 0 N–H and O–H groups in total. The summed E-state index contributed by atoms with van der Waals surface area (Å²) in [6, 6.07) is 8.59. The van der Waals surface area contributed by atoms with Gasteiger partial charge >= 0.3 is 6.18 Å². The second kappa shape index (κ2) is 4.49. The average Bonchev–Trinajstić information content (AvgIpc) is 2.63. The zero-order chi connectivity index (χ0) is 13.8. The number of benzene rings is 2. The third kappa shape index (κ3) is 2.21. The minimum atomic E-state index is -4.44. The van der Waals surface area contributed by atoms with Gasteiger partial charge in [-0.15, -0.1) is 11.3 Å². The minimum absolute atomic E-state index is 0.206. The molecule has 6 heteroatoms. The quantitative estimate of drug-likeness (QED) is 0.378. The second-order valence-electron chi connectivity index (χ2n) is 4.04. The second-order valence-corrected chi connectivity index (χ2v) is 6.74. The molecule has 0 aliphatic rings. The summed E-state index contributed by atoms with van der Waals surface area (Å²) in [6.45, 7) is 0. The topological polar surface area (TPSA) is 0 Å². The Morgan fingerprint density at radius 2 is 1.74 bits per heavy atom. The maximum Gasteiger partial charge on any atom is 0.419 e. The Kier molecular flexibility index (Phi) is 3.18. The number of hydrogen-bond donors (Lipinski definition) is 0. The zero-order valence-corrected chi connectivity index (χ0v) is 12.9. The van der Waals surface area contributed by atoms with Gasteiger partial charge in [-0.25, -0.2) is 0 Å². The normalized spacial score (nSPS) is 12.5. The maximum atomic E-state index is 13.1. The highest BCUT2D eigenvalue weighted by Gasteiger charge is 2.36. The molecule has 0 bridgehead atoms. The third-order valence-electron chi connectivity index (χ3n) is 2.84. The van der Waals surface area contributed by atoms with Crippen molar-refractivity contribution >= 4 is 65.7 Å². The fraction of sp³-hybridized carbons (Fsp3) is 0.0769. The third-order valence-corrected chi connectivity index (χ3v) is 5.01. The van der Waals surface area contributed by atoms with Crippen molar-refractivity contribution in [1.82, 2.24) is 0 Å². The number of hydrogen-bond acceptors (Lipinski definition) is 1. The molecule has 0 spiro atoms. The molecule has 1 heterocycles. The van der Waals surface area contributed by atoms with E-state index in [9.17, 15) is 13.2 Å². The van der Waals surface area contributed by atoms with Crippen LogP contribution in [0.1, 0.15) is 5.56 Å². The van der Waals surface area contributed by atoms with E-state index in [0.717, 1.165) is 25.0 Å². The van der Waals surface area contributed by atoms with Crippen LogP contribution in [-0.2, 0) is 6.18 Å². The molecule has 3 rings (SSSR count). The van der Waals surface area contributed by atoms with Crippen molar-refractivity contribution in [2.24, 2.45) is 0 Å². The summed E-state index contributed by atoms with van der Waals surface area (Å²) >= 11 is 9.01. The largest absolute Gasteiger partial charge is 0.419 e. The molecule has 1 aromatic heterocycles. The average molecular weight is 413 g/mol. The molecule has 98 valence electrons. The summed E-state index contributed by atoms with van der Waals surface area (Å²) in [6.07, 6.45) is -4.44. The Balaban J connectivity index is 2.50. The van der Waals surface area contributed by atoms with Gasteiger partial charge in [0, 0.05) is 23.7 Å². The molecule has 0 atom stereocenters. The lowest BCUT2D eigenvalue weighted by molar-refractivity contribution is -0.136. The van der Waals surface area contributed by atoms with E-state index in [0.29, 0.717) is 5.39 Å². The first-order chi connectivity index (χ1) is 8.88. The molecule has 0 aliphatic carbocycles. The van der Waals surface area contributed by atoms with Crippen LogP contribution in [-0.4, -0.2) is 0 Å². The Labute approximate surface area is 129 Å². The Hall–Kier alpha value is -0.530. The van der Waals surface area contributed by atoms with Gasteiger partial charge < -0.3 is 0 Å². The SMILES string of the molecule is FC(F)(F)c1c(Cl)ccc2c1sc1cc(I)ccc12. The molecule has 0 aliphatic heterocycles. The Bertz CT molecular complexity index is 792. The van der Waals surface area contributed by atoms with Crippen molar-refractivity contribution in [2.75, 3.05) is 0 Å². The lowest BCUT2D eigenvalue weighted by Gasteiger charge is -2.09. The van der Waals surface area contributed by atoms with Gasteiger partial charge in [-0.1, -0.05) is 23.7 Å². The predicted octanol–water partition coefficient (Wildman–Crippen LogP) is 6.33. The van der Waals surface area contributed by atoms with E-state index in [-0.39, 0.29) is 9.72 Å². The number of rotatable bonds is 0. The van der Waals surface area contributed by atoms with Gasteiger partial charge in [-0.05, 0) is 40.8 Å². The van der Waals surface area contributed by atoms with Gasteiger partial charge in [0.05, 0.1) is 10.6 Å². The van der Waals surface area contributed by atoms with Crippen molar-refractivity contribution in [3.05, 3.63) is 44.5 Å². The minimum Gasteiger partial charge on any atom is -0.166 e. The highest BCUT2D eigenvalue weighted by molar-refractivity contribution is 14.1. The first kappa shape index (κ1) is 13.5. The van der Waals surface area contributed by atoms with Gasteiger partial charge in [0.15, 0.2) is 0 Å². The molecule has 0 saturated heterocycles. The van der Waals surface area contributed by atoms with E-state index in [4.69, 9.17) is 11.6 Å². The Morgan fingerprint density at radius 3 is 2.42 bits per heavy atom. The standard InChI is InChI=1S/C13H5ClF3IS/c14-9-4-3-8-7-2-1-6(18)5-10(7)19-12(8)11(9)13(15,16)17/h1-5H. The van der Waals surface area contributed by atoms with Crippen LogP contribution in [0, 0.1) is 3.57 Å². The summed E-state index contributed by atoms with van der Waals surface area (Å²) in [5.41, 5.74) is -0.733. The van der Waals surface area contributed by atoms with Crippen LogP contribution in [0.3, 0.4) is 0 Å². The summed E-state index contributed by atoms with van der Waals surface area (Å²) in [4.78, 5) is 0. The van der Waals surface area contributed by atoms with Gasteiger partial charge in [-0.3, -0.25) is 0 Å². The highest BCUT2D eigenvalue weighted by atomic mass is 127. The van der Waals surface area contributed by atoms with Crippen LogP contribution in [0.4, 0.5) is 13.2 Å². The van der Waals surface area contributed by atoms with Gasteiger partial charge in [0.1, 0.15) is 0 Å². The van der Waals surface area contributed by atoms with Gasteiger partial charge in [0.2, 0.25) is 0 Å². The predicted molar refractivity (Wildman–Crippen MR) is 82.1 cm³/mol. The molecule has 0 saturated carbocycles. The molecule has 0 amide bonds. The van der Waals surface area contributed by atoms with Crippen LogP contribution in [0.25, 0.3) is 20.2 Å². The lowest BCUT2D eigenvalue weighted by Crippen LogP contribution is -2.05. The zero-order valence-electron chi connectivity index (χ0n) is 9.18. The van der Waals surface area contributed by atoms with Crippen molar-refractivity contribution in [3.8, 4) is 0 Å². The molecule has 2 aromatic carbocycles. The first-order valence-electron chi connectivity index (χ1n) is 5.25. The Morgan fingerprint density at radius 1 is 1.05 bits per heavy atom. The molecular weight excluding hydrogens is 408 g/mol. The number of fused-ring (bicyclic) bond motifs is 3. The van der Waals surface area contributed by atoms with Crippen molar-refractivity contribution in [3.63, 3.8) is 0 Å². The van der Waals surface area contributed by atoms with E-state index in [2.05, 4.69) is 22.6 Å². The summed E-state index contributed by atoms with van der Waals surface area (Å²) < 4.78 is 41.4. The number of alkyl halides is 3. The monoisotopic (exact) mass is 412 g/mol. The first-order valence-corrected chi connectivity index (χ1v) is 7.53. The maximum absolute atomic E-state index is 13.1. The molecule has 0 radical (unpaired) electrons. The summed E-state index contributed by atoms with van der Waals surface area (Å²) in [5, 5.41) is 1.19. The van der Waals surface area contributed by atoms with E-state index in [1.54, 1.807) is 6.07 Å². The number of halogens is 5. The van der Waals surface area contributed by atoms with E-state index in [1.165, 1.54) is 6.07 Å². The van der Waals surface area contributed by atoms with Crippen molar-refractivity contribution in [2.45, 2.75) is 6.18 Å². The van der Waals surface area contributed by atoms with Gasteiger partial charge in [-0.2, -0.15) is 13.2 Å². The molecule has 0 unspecified atom stereocenters. The van der Waals surface area contributed by atoms with Gasteiger partial charge in [0.25, 0.3) is 0 Å². The fourth-order valence-corrected chi connectivity index (χ4v) is 4.39. The molecule has 19 heavy (non-hydrogen) atoms. The molecule has 0 fully saturated rings. The van der Waals surface area contributed by atoms with Crippen LogP contribution in [0.15, 0.2) is 30.3 Å². The van der Waals surface area contributed by atoms with E-state index < -0.39 is 11.7 Å². The van der Waals surface area contributed by atoms with Crippen LogP contribution in [0.5, 0.6) is 0 Å². The highest BCUT2D eigenvalue weighted by Crippen LogP contribution is 2.45. The van der Waals surface area contributed by atoms with Crippen LogP contribution < -0.4 is 0 Å². The van der Waals surface area contributed by atoms with Crippen molar-refractivity contribution < 1.29 is 13.2 Å².